The number of aliphatic hydroxyl groups excluding tert-OH is 1. The SMILES string of the molecule is CCNC1COCC1C(=O)NCCSCCCO. The van der Waals surface area contributed by atoms with E-state index in [-0.39, 0.29) is 24.5 Å². The topological polar surface area (TPSA) is 70.6 Å². The van der Waals surface area contributed by atoms with Gasteiger partial charge in [0.1, 0.15) is 0 Å². The predicted octanol–water partition coefficient (Wildman–Crippen LogP) is -0.157. The van der Waals surface area contributed by atoms with Gasteiger partial charge in [-0.05, 0) is 18.7 Å². The summed E-state index contributed by atoms with van der Waals surface area (Å²) in [6.45, 7) is 4.95. The maximum Gasteiger partial charge on any atom is 0.227 e. The van der Waals surface area contributed by atoms with Gasteiger partial charge in [-0.2, -0.15) is 11.8 Å². The second-order valence-electron chi connectivity index (χ2n) is 4.29. The van der Waals surface area contributed by atoms with Crippen molar-refractivity contribution in [1.29, 1.82) is 0 Å². The summed E-state index contributed by atoms with van der Waals surface area (Å²) in [6.07, 6.45) is 0.817. The Kier molecular flexibility index (Phi) is 8.41. The van der Waals surface area contributed by atoms with Crippen LogP contribution in [0.4, 0.5) is 0 Å². The highest BCUT2D eigenvalue weighted by Crippen LogP contribution is 2.13. The summed E-state index contributed by atoms with van der Waals surface area (Å²) in [5, 5.41) is 14.9. The average Bonchev–Trinajstić information content (AvgIpc) is 2.82. The minimum atomic E-state index is -0.0626. The van der Waals surface area contributed by atoms with Crippen molar-refractivity contribution in [2.24, 2.45) is 5.92 Å². The number of ether oxygens (including phenoxy) is 1. The summed E-state index contributed by atoms with van der Waals surface area (Å²) in [7, 11) is 0. The molecule has 18 heavy (non-hydrogen) atoms. The van der Waals surface area contributed by atoms with E-state index in [1.54, 1.807) is 11.8 Å². The van der Waals surface area contributed by atoms with Crippen LogP contribution < -0.4 is 10.6 Å². The zero-order valence-electron chi connectivity index (χ0n) is 11.0. The zero-order valence-corrected chi connectivity index (χ0v) is 11.8. The van der Waals surface area contributed by atoms with Crippen molar-refractivity contribution >= 4 is 17.7 Å². The van der Waals surface area contributed by atoms with Crippen LogP contribution in [0, 0.1) is 5.92 Å². The van der Waals surface area contributed by atoms with Crippen molar-refractivity contribution in [2.75, 3.05) is 44.4 Å². The van der Waals surface area contributed by atoms with Gasteiger partial charge in [-0.25, -0.2) is 0 Å². The van der Waals surface area contributed by atoms with Gasteiger partial charge in [0.2, 0.25) is 5.91 Å². The van der Waals surface area contributed by atoms with Gasteiger partial charge in [-0.15, -0.1) is 0 Å². The van der Waals surface area contributed by atoms with Crippen LogP contribution >= 0.6 is 11.8 Å². The molecule has 6 heteroatoms. The molecule has 0 spiro atoms. The van der Waals surface area contributed by atoms with Crippen LogP contribution in [0.15, 0.2) is 0 Å². The normalized spacial score (nSPS) is 23.2. The molecule has 0 aromatic rings. The Morgan fingerprint density at radius 2 is 2.28 bits per heavy atom. The number of nitrogens with one attached hydrogen (secondary N) is 2. The molecule has 1 aliphatic rings. The van der Waals surface area contributed by atoms with E-state index in [1.807, 2.05) is 6.92 Å². The van der Waals surface area contributed by atoms with Crippen molar-refractivity contribution in [3.8, 4) is 0 Å². The highest BCUT2D eigenvalue weighted by Gasteiger charge is 2.32. The zero-order chi connectivity index (χ0) is 13.2. The Morgan fingerprint density at radius 1 is 1.44 bits per heavy atom. The smallest absolute Gasteiger partial charge is 0.227 e. The molecule has 0 aromatic carbocycles. The molecule has 0 bridgehead atoms. The lowest BCUT2D eigenvalue weighted by Gasteiger charge is -2.17. The van der Waals surface area contributed by atoms with Gasteiger partial charge in [-0.3, -0.25) is 4.79 Å². The quantitative estimate of drug-likeness (QED) is 0.511. The summed E-state index contributed by atoms with van der Waals surface area (Å²) in [5.74, 6) is 1.86. The molecule has 2 atom stereocenters. The fourth-order valence-corrected chi connectivity index (χ4v) is 2.71. The lowest BCUT2D eigenvalue weighted by molar-refractivity contribution is -0.125. The third-order valence-electron chi connectivity index (χ3n) is 2.88. The highest BCUT2D eigenvalue weighted by atomic mass is 32.2. The molecule has 0 aromatic heterocycles. The van der Waals surface area contributed by atoms with Crippen LogP contribution in [-0.4, -0.2) is 61.5 Å². The van der Waals surface area contributed by atoms with E-state index in [0.29, 0.717) is 19.8 Å². The molecule has 1 heterocycles. The van der Waals surface area contributed by atoms with Gasteiger partial charge in [0.05, 0.1) is 19.1 Å². The van der Waals surface area contributed by atoms with Gasteiger partial charge < -0.3 is 20.5 Å². The first-order valence-corrected chi connectivity index (χ1v) is 7.72. The molecule has 0 aliphatic carbocycles. The Morgan fingerprint density at radius 3 is 3.00 bits per heavy atom. The third-order valence-corrected chi connectivity index (χ3v) is 3.95. The fraction of sp³-hybridized carbons (Fsp3) is 0.917. The minimum Gasteiger partial charge on any atom is -0.396 e. The molecule has 0 saturated carbocycles. The van der Waals surface area contributed by atoms with E-state index in [2.05, 4.69) is 10.6 Å². The van der Waals surface area contributed by atoms with Crippen molar-refractivity contribution in [3.05, 3.63) is 0 Å². The Bertz CT molecular complexity index is 241. The number of carbonyl (C=O) groups excluding carboxylic acids is 1. The van der Waals surface area contributed by atoms with E-state index in [1.165, 1.54) is 0 Å². The van der Waals surface area contributed by atoms with Crippen LogP contribution in [0.3, 0.4) is 0 Å². The number of hydrogen-bond acceptors (Lipinski definition) is 5. The highest BCUT2D eigenvalue weighted by molar-refractivity contribution is 7.99. The molecule has 1 saturated heterocycles. The third kappa shape index (κ3) is 5.56. The Hall–Kier alpha value is -0.300. The number of rotatable bonds is 9. The van der Waals surface area contributed by atoms with Gasteiger partial charge >= 0.3 is 0 Å². The maximum absolute atomic E-state index is 11.9. The molecule has 3 N–H and O–H groups in total. The Labute approximate surface area is 113 Å². The van der Waals surface area contributed by atoms with E-state index < -0.39 is 0 Å². The van der Waals surface area contributed by atoms with Gasteiger partial charge in [0.25, 0.3) is 0 Å². The molecule has 2 unspecified atom stereocenters. The fourth-order valence-electron chi connectivity index (χ4n) is 1.92. The summed E-state index contributed by atoms with van der Waals surface area (Å²) in [5.41, 5.74) is 0. The number of carbonyl (C=O) groups is 1. The lowest BCUT2D eigenvalue weighted by atomic mass is 10.0. The summed E-state index contributed by atoms with van der Waals surface area (Å²) in [6, 6.07) is 0.150. The van der Waals surface area contributed by atoms with E-state index >= 15 is 0 Å². The van der Waals surface area contributed by atoms with E-state index in [4.69, 9.17) is 9.84 Å². The molecule has 1 fully saturated rings. The molecule has 0 radical (unpaired) electrons. The van der Waals surface area contributed by atoms with Crippen LogP contribution in [0.25, 0.3) is 0 Å². The van der Waals surface area contributed by atoms with Crippen molar-refractivity contribution in [3.63, 3.8) is 0 Å². The van der Waals surface area contributed by atoms with Crippen molar-refractivity contribution in [2.45, 2.75) is 19.4 Å². The average molecular weight is 276 g/mol. The van der Waals surface area contributed by atoms with Crippen molar-refractivity contribution < 1.29 is 14.6 Å². The Balaban J connectivity index is 2.12. The standard InChI is InChI=1S/C12H24N2O3S/c1-2-13-11-9-17-8-10(11)12(16)14-4-7-18-6-3-5-15/h10-11,13,15H,2-9H2,1H3,(H,14,16). The second kappa shape index (κ2) is 9.61. The number of amides is 1. The predicted molar refractivity (Wildman–Crippen MR) is 73.8 cm³/mol. The summed E-state index contributed by atoms with van der Waals surface area (Å²) >= 11 is 1.75. The second-order valence-corrected chi connectivity index (χ2v) is 5.51. The van der Waals surface area contributed by atoms with Crippen LogP contribution in [0.5, 0.6) is 0 Å². The number of hydrogen-bond donors (Lipinski definition) is 3. The molecule has 106 valence electrons. The van der Waals surface area contributed by atoms with Gasteiger partial charge in [-0.1, -0.05) is 6.92 Å². The van der Waals surface area contributed by atoms with E-state index in [9.17, 15) is 4.79 Å². The van der Waals surface area contributed by atoms with Crippen LogP contribution in [0.2, 0.25) is 0 Å². The molecule has 1 aliphatic heterocycles. The molecular formula is C12H24N2O3S. The molecule has 1 rings (SSSR count). The molecule has 1 amide bonds. The molecule has 5 nitrogen and oxygen atoms in total. The lowest BCUT2D eigenvalue weighted by Crippen LogP contribution is -2.44. The van der Waals surface area contributed by atoms with Gasteiger partial charge in [0, 0.05) is 24.9 Å². The van der Waals surface area contributed by atoms with Crippen LogP contribution in [-0.2, 0) is 9.53 Å². The number of thioether (sulfide) groups is 1. The molecular weight excluding hydrogens is 252 g/mol. The van der Waals surface area contributed by atoms with Crippen molar-refractivity contribution in [1.82, 2.24) is 10.6 Å². The minimum absolute atomic E-state index is 0.0626. The largest absolute Gasteiger partial charge is 0.396 e. The van der Waals surface area contributed by atoms with E-state index in [0.717, 1.165) is 24.5 Å². The summed E-state index contributed by atoms with van der Waals surface area (Å²) in [4.78, 5) is 11.9. The first kappa shape index (κ1) is 15.8. The summed E-state index contributed by atoms with van der Waals surface area (Å²) < 4.78 is 5.35. The first-order valence-electron chi connectivity index (χ1n) is 6.57. The van der Waals surface area contributed by atoms with Gasteiger partial charge in [0.15, 0.2) is 0 Å². The first-order chi connectivity index (χ1) is 8.79. The number of likely N-dealkylation sites (N-methyl/N-ethyl adjacent to an activating group) is 1. The van der Waals surface area contributed by atoms with Crippen LogP contribution in [0.1, 0.15) is 13.3 Å². The number of aliphatic hydroxyl groups is 1. The maximum atomic E-state index is 11.9. The monoisotopic (exact) mass is 276 g/mol.